The topological polar surface area (TPSA) is 160 Å². The third kappa shape index (κ3) is 9.20. The predicted molar refractivity (Wildman–Crippen MR) is 197 cm³/mol. The summed E-state index contributed by atoms with van der Waals surface area (Å²) < 4.78 is 6.13. The molecule has 4 aliphatic rings. The summed E-state index contributed by atoms with van der Waals surface area (Å²) in [5.41, 5.74) is -1.73. The molecular weight excluding hydrogens is 660 g/mol. The molecule has 2 heterocycles. The first-order valence-corrected chi connectivity index (χ1v) is 19.9. The molecule has 1 aromatic rings. The van der Waals surface area contributed by atoms with Crippen LogP contribution in [0.2, 0.25) is 0 Å². The number of nitrogens with zero attached hydrogens (tertiary/aromatic N) is 3. The summed E-state index contributed by atoms with van der Waals surface area (Å²) in [7, 11) is 0. The minimum absolute atomic E-state index is 0.00905. The van der Waals surface area contributed by atoms with E-state index in [2.05, 4.69) is 25.9 Å². The first kappa shape index (κ1) is 39.8. The van der Waals surface area contributed by atoms with Crippen LogP contribution in [0.1, 0.15) is 136 Å². The fraction of sp³-hybridized carbons (Fsp3) is 0.775. The van der Waals surface area contributed by atoms with Gasteiger partial charge < -0.3 is 25.6 Å². The predicted octanol–water partition coefficient (Wildman–Crippen LogP) is 4.76. The Morgan fingerprint density at radius 1 is 0.923 bits per heavy atom. The average Bonchev–Trinajstić information content (AvgIpc) is 3.69. The average molecular weight is 723 g/mol. The van der Waals surface area contributed by atoms with E-state index in [-0.39, 0.29) is 65.3 Å². The molecule has 12 nitrogen and oxygen atoms in total. The van der Waals surface area contributed by atoms with Gasteiger partial charge in [0, 0.05) is 43.9 Å². The number of ketones is 1. The molecule has 3 N–H and O–H groups in total. The third-order valence-corrected chi connectivity index (χ3v) is 12.0. The Balaban J connectivity index is 1.39. The van der Waals surface area contributed by atoms with Crippen LogP contribution in [0.15, 0.2) is 18.6 Å². The van der Waals surface area contributed by atoms with Crippen LogP contribution >= 0.6 is 0 Å². The van der Waals surface area contributed by atoms with Crippen LogP contribution < -0.4 is 16.0 Å². The van der Waals surface area contributed by atoms with Crippen LogP contribution in [0.4, 0.5) is 0 Å². The number of aromatic nitrogens is 2. The van der Waals surface area contributed by atoms with Gasteiger partial charge in [0.25, 0.3) is 5.91 Å². The van der Waals surface area contributed by atoms with Crippen LogP contribution in [-0.2, 0) is 23.9 Å². The first-order chi connectivity index (χ1) is 24.8. The highest BCUT2D eigenvalue weighted by molar-refractivity contribution is 5.98. The van der Waals surface area contributed by atoms with Crippen molar-refractivity contribution in [3.8, 4) is 0 Å². The largest absolute Gasteiger partial charge is 0.364 e. The highest BCUT2D eigenvalue weighted by atomic mass is 16.5. The number of fused-ring (bicyclic) bond motifs is 1. The SMILES string of the molecule is CCC[C@H](NC(=O)[C@@H]1[C@H]2CCC[C@H]2CN1C(=O)[C@@H](NC(=O)[C@@H](CC(=O)c1cnccn1)C1CCCCC1)C(C)(C)C)C(C)(OCC)C(=O)NC1CC1. The molecule has 0 spiro atoms. The lowest BCUT2D eigenvalue weighted by Gasteiger charge is -2.40. The molecule has 3 aliphatic carbocycles. The summed E-state index contributed by atoms with van der Waals surface area (Å²) in [4.78, 5) is 80.5. The molecule has 1 aliphatic heterocycles. The van der Waals surface area contributed by atoms with E-state index in [0.29, 0.717) is 19.6 Å². The Hall–Kier alpha value is -3.41. The van der Waals surface area contributed by atoms with Gasteiger partial charge >= 0.3 is 0 Å². The lowest BCUT2D eigenvalue weighted by Crippen LogP contribution is -2.64. The van der Waals surface area contributed by atoms with Crippen LogP contribution in [0, 0.1) is 29.1 Å². The second-order valence-electron chi connectivity index (χ2n) is 17.0. The minimum Gasteiger partial charge on any atom is -0.364 e. The molecule has 288 valence electrons. The normalized spacial score (nSPS) is 25.0. The molecule has 52 heavy (non-hydrogen) atoms. The van der Waals surface area contributed by atoms with Gasteiger partial charge in [-0.15, -0.1) is 0 Å². The summed E-state index contributed by atoms with van der Waals surface area (Å²) in [5, 5.41) is 9.43. The lowest BCUT2D eigenvalue weighted by molar-refractivity contribution is -0.152. The van der Waals surface area contributed by atoms with Crippen molar-refractivity contribution in [3.63, 3.8) is 0 Å². The second kappa shape index (κ2) is 17.2. The number of carbonyl (C=O) groups excluding carboxylic acids is 5. The van der Waals surface area contributed by atoms with Crippen LogP contribution in [0.5, 0.6) is 0 Å². The highest BCUT2D eigenvalue weighted by Crippen LogP contribution is 2.43. The minimum atomic E-state index is -1.27. The lowest BCUT2D eigenvalue weighted by atomic mass is 9.76. The number of hydrogen-bond acceptors (Lipinski definition) is 8. The van der Waals surface area contributed by atoms with E-state index < -0.39 is 35.1 Å². The van der Waals surface area contributed by atoms with E-state index in [9.17, 15) is 24.0 Å². The highest BCUT2D eigenvalue weighted by Gasteiger charge is 2.53. The van der Waals surface area contributed by atoms with Crippen molar-refractivity contribution in [2.45, 2.75) is 155 Å². The van der Waals surface area contributed by atoms with Crippen molar-refractivity contribution in [2.75, 3.05) is 13.2 Å². The van der Waals surface area contributed by atoms with Gasteiger partial charge in [-0.25, -0.2) is 4.98 Å². The zero-order valence-electron chi connectivity index (χ0n) is 32.2. The fourth-order valence-electron chi connectivity index (χ4n) is 8.90. The number of amides is 4. The summed E-state index contributed by atoms with van der Waals surface area (Å²) in [6, 6.07) is -2.11. The van der Waals surface area contributed by atoms with Gasteiger partial charge in [0.1, 0.15) is 17.8 Å². The van der Waals surface area contributed by atoms with Gasteiger partial charge in [-0.2, -0.15) is 0 Å². The maximum Gasteiger partial charge on any atom is 0.254 e. The molecule has 0 bridgehead atoms. The number of rotatable bonds is 16. The molecule has 4 fully saturated rings. The molecule has 3 saturated carbocycles. The van der Waals surface area contributed by atoms with Crippen molar-refractivity contribution in [3.05, 3.63) is 24.3 Å². The second-order valence-corrected chi connectivity index (χ2v) is 17.0. The van der Waals surface area contributed by atoms with Crippen molar-refractivity contribution in [2.24, 2.45) is 29.1 Å². The molecule has 0 radical (unpaired) electrons. The number of carbonyl (C=O) groups is 5. The number of likely N-dealkylation sites (tertiary alicyclic amines) is 1. The summed E-state index contributed by atoms with van der Waals surface area (Å²) >= 11 is 0. The Morgan fingerprint density at radius 2 is 1.65 bits per heavy atom. The van der Waals surface area contributed by atoms with E-state index >= 15 is 0 Å². The molecule has 12 heteroatoms. The monoisotopic (exact) mass is 722 g/mol. The van der Waals surface area contributed by atoms with Gasteiger partial charge in [-0.3, -0.25) is 29.0 Å². The van der Waals surface area contributed by atoms with E-state index in [1.54, 1.807) is 11.8 Å². The van der Waals surface area contributed by atoms with E-state index in [1.807, 2.05) is 34.6 Å². The van der Waals surface area contributed by atoms with Crippen molar-refractivity contribution >= 4 is 29.4 Å². The van der Waals surface area contributed by atoms with Gasteiger partial charge in [0.15, 0.2) is 11.4 Å². The standard InChI is InChI=1S/C40H62N6O6/c1-7-13-32(40(6,52-8-2)38(51)43-27-18-19-27)44-36(49)33-28-17-12-16-26(28)24-46(33)37(50)34(39(3,4)5)45-35(48)29(25-14-10-9-11-15-25)22-31(47)30-23-41-20-21-42-30/h20-21,23,25-29,32-34H,7-19,22,24H2,1-6H3,(H,43,51)(H,44,49)(H,45,48)/t26-,28-,29-,32-,33-,34+,40?/m0/s1. The van der Waals surface area contributed by atoms with Crippen molar-refractivity contribution < 1.29 is 28.7 Å². The number of Topliss-reactive ketones (excluding diaryl/α,β-unsaturated/α-hetero) is 1. The smallest absolute Gasteiger partial charge is 0.254 e. The molecule has 4 amide bonds. The van der Waals surface area contributed by atoms with Crippen molar-refractivity contribution in [1.29, 1.82) is 0 Å². The fourth-order valence-corrected chi connectivity index (χ4v) is 8.90. The molecule has 1 saturated heterocycles. The molecule has 7 atom stereocenters. The summed E-state index contributed by atoms with van der Waals surface area (Å²) in [6.07, 6.45) is 15.0. The van der Waals surface area contributed by atoms with Crippen molar-refractivity contribution in [1.82, 2.24) is 30.8 Å². The molecule has 5 rings (SSSR count). The number of ether oxygens (including phenoxy) is 1. The number of nitrogens with one attached hydrogen (secondary N) is 3. The quantitative estimate of drug-likeness (QED) is 0.206. The maximum absolute atomic E-state index is 14.8. The van der Waals surface area contributed by atoms with Gasteiger partial charge in [-0.05, 0) is 82.0 Å². The maximum atomic E-state index is 14.8. The van der Waals surface area contributed by atoms with Gasteiger partial charge in [-0.1, -0.05) is 59.8 Å². The molecule has 0 aromatic carbocycles. The van der Waals surface area contributed by atoms with Crippen LogP contribution in [0.3, 0.4) is 0 Å². The molecule has 1 unspecified atom stereocenters. The summed E-state index contributed by atoms with van der Waals surface area (Å²) in [5.74, 6) is -1.78. The zero-order valence-corrected chi connectivity index (χ0v) is 32.2. The van der Waals surface area contributed by atoms with E-state index in [4.69, 9.17) is 4.74 Å². The Bertz CT molecular complexity index is 1420. The van der Waals surface area contributed by atoms with E-state index in [1.165, 1.54) is 18.6 Å². The zero-order chi connectivity index (χ0) is 37.6. The van der Waals surface area contributed by atoms with E-state index in [0.717, 1.165) is 70.6 Å². The Kier molecular flexibility index (Phi) is 13.1. The summed E-state index contributed by atoms with van der Waals surface area (Å²) in [6.45, 7) is 12.1. The van der Waals surface area contributed by atoms with Crippen LogP contribution in [0.25, 0.3) is 0 Å². The Labute approximate surface area is 309 Å². The first-order valence-electron chi connectivity index (χ1n) is 19.9. The number of hydrogen-bond donors (Lipinski definition) is 3. The third-order valence-electron chi connectivity index (χ3n) is 12.0. The van der Waals surface area contributed by atoms with Gasteiger partial charge in [0.05, 0.1) is 12.2 Å². The molecule has 1 aromatic heterocycles. The molecular formula is C40H62N6O6. The van der Waals surface area contributed by atoms with Crippen LogP contribution in [-0.4, -0.2) is 87.2 Å². The Morgan fingerprint density at radius 3 is 2.27 bits per heavy atom. The van der Waals surface area contributed by atoms with Gasteiger partial charge in [0.2, 0.25) is 17.7 Å².